The van der Waals surface area contributed by atoms with Gasteiger partial charge in [0.1, 0.15) is 0 Å². The predicted molar refractivity (Wildman–Crippen MR) is 140 cm³/mol. The van der Waals surface area contributed by atoms with Crippen LogP contribution in [0.3, 0.4) is 0 Å². The molecule has 1 aliphatic rings. The van der Waals surface area contributed by atoms with E-state index < -0.39 is 0 Å². The topological polar surface area (TPSA) is 46.0 Å². The molecule has 0 spiro atoms. The van der Waals surface area contributed by atoms with E-state index >= 15 is 0 Å². The number of aromatic nitrogens is 3. The Bertz CT molecular complexity index is 1330. The van der Waals surface area contributed by atoms with Crippen molar-refractivity contribution in [2.24, 2.45) is 0 Å². The average molecular weight is 468 g/mol. The van der Waals surface area contributed by atoms with Crippen LogP contribution in [0.4, 0.5) is 0 Å². The van der Waals surface area contributed by atoms with Gasteiger partial charge in [0.25, 0.3) is 0 Å². The van der Waals surface area contributed by atoms with Gasteiger partial charge in [-0.25, -0.2) is 0 Å². The van der Waals surface area contributed by atoms with Crippen molar-refractivity contribution in [2.75, 3.05) is 0 Å². The molecule has 4 aromatic rings. The fourth-order valence-corrected chi connectivity index (χ4v) is 5.34. The molecule has 2 atom stereocenters. The molecule has 1 aromatic carbocycles. The van der Waals surface area contributed by atoms with Gasteiger partial charge >= 0.3 is 0 Å². The van der Waals surface area contributed by atoms with Gasteiger partial charge in [-0.2, -0.15) is 0 Å². The predicted octanol–water partition coefficient (Wildman–Crippen LogP) is 5.67. The Hall–Kier alpha value is -3.51. The fraction of sp³-hybridized carbons (Fsp3) is 0.250. The molecule has 0 bridgehead atoms. The zero-order valence-electron chi connectivity index (χ0n) is 20.0. The first-order valence-electron chi connectivity index (χ1n) is 11.6. The lowest BCUT2D eigenvalue weighted by molar-refractivity contribution is 0.310. The molecule has 0 unspecified atom stereocenters. The molecular formula is C28H29N5S. The third-order valence-electron chi connectivity index (χ3n) is 6.88. The molecule has 1 aliphatic heterocycles. The molecule has 1 N–H and O–H groups in total. The van der Waals surface area contributed by atoms with Gasteiger partial charge in [-0.3, -0.25) is 9.97 Å². The molecule has 172 valence electrons. The first kappa shape index (κ1) is 22.3. The number of benzene rings is 1. The molecule has 0 saturated carbocycles. The average Bonchev–Trinajstić information content (AvgIpc) is 3.32. The van der Waals surface area contributed by atoms with E-state index in [1.54, 1.807) is 6.20 Å². The zero-order valence-corrected chi connectivity index (χ0v) is 20.8. The smallest absolute Gasteiger partial charge is 0.170 e. The van der Waals surface area contributed by atoms with Crippen molar-refractivity contribution in [1.82, 2.24) is 24.8 Å². The van der Waals surface area contributed by atoms with E-state index in [1.807, 2.05) is 30.6 Å². The molecule has 4 heterocycles. The Kier molecular flexibility index (Phi) is 5.92. The summed E-state index contributed by atoms with van der Waals surface area (Å²) in [6.45, 7) is 9.44. The fourth-order valence-electron chi connectivity index (χ4n) is 5.04. The Morgan fingerprint density at radius 3 is 2.56 bits per heavy atom. The van der Waals surface area contributed by atoms with Crippen LogP contribution in [-0.4, -0.2) is 24.5 Å². The molecule has 1 saturated heterocycles. The van der Waals surface area contributed by atoms with Crippen molar-refractivity contribution in [1.29, 1.82) is 0 Å². The maximum Gasteiger partial charge on any atom is 0.170 e. The van der Waals surface area contributed by atoms with Gasteiger partial charge in [0.15, 0.2) is 5.11 Å². The summed E-state index contributed by atoms with van der Waals surface area (Å²) in [4.78, 5) is 11.3. The highest BCUT2D eigenvalue weighted by atomic mass is 32.1. The van der Waals surface area contributed by atoms with Gasteiger partial charge in [-0.1, -0.05) is 24.3 Å². The number of nitrogens with zero attached hydrogens (tertiary/aromatic N) is 4. The summed E-state index contributed by atoms with van der Waals surface area (Å²) in [5.41, 5.74) is 9.61. The highest BCUT2D eigenvalue weighted by Gasteiger charge is 2.41. The van der Waals surface area contributed by atoms with E-state index in [2.05, 4.69) is 88.8 Å². The van der Waals surface area contributed by atoms with Crippen molar-refractivity contribution in [3.8, 4) is 5.69 Å². The van der Waals surface area contributed by atoms with Crippen LogP contribution in [0.2, 0.25) is 0 Å². The summed E-state index contributed by atoms with van der Waals surface area (Å²) in [6.07, 6.45) is 5.56. The summed E-state index contributed by atoms with van der Waals surface area (Å²) < 4.78 is 2.37. The van der Waals surface area contributed by atoms with E-state index in [0.29, 0.717) is 6.54 Å². The van der Waals surface area contributed by atoms with Crippen molar-refractivity contribution >= 4 is 17.3 Å². The molecule has 0 amide bonds. The monoisotopic (exact) mass is 467 g/mol. The molecule has 0 aliphatic carbocycles. The van der Waals surface area contributed by atoms with Crippen LogP contribution in [0.5, 0.6) is 0 Å². The third-order valence-corrected chi connectivity index (χ3v) is 7.23. The lowest BCUT2D eigenvalue weighted by Gasteiger charge is -2.28. The van der Waals surface area contributed by atoms with E-state index in [0.717, 1.165) is 16.4 Å². The minimum atomic E-state index is -0.0436. The van der Waals surface area contributed by atoms with Crippen LogP contribution >= 0.6 is 12.2 Å². The van der Waals surface area contributed by atoms with E-state index in [-0.39, 0.29) is 12.1 Å². The largest absolute Gasteiger partial charge is 0.352 e. The van der Waals surface area contributed by atoms with Gasteiger partial charge in [0, 0.05) is 42.2 Å². The van der Waals surface area contributed by atoms with E-state index in [4.69, 9.17) is 12.2 Å². The van der Waals surface area contributed by atoms with Crippen LogP contribution in [0.25, 0.3) is 5.69 Å². The second kappa shape index (κ2) is 9.03. The second-order valence-corrected chi connectivity index (χ2v) is 9.38. The minimum Gasteiger partial charge on any atom is -0.352 e. The molecule has 5 nitrogen and oxygen atoms in total. The van der Waals surface area contributed by atoms with Crippen LogP contribution < -0.4 is 5.32 Å². The van der Waals surface area contributed by atoms with Crippen molar-refractivity contribution in [3.63, 3.8) is 0 Å². The maximum atomic E-state index is 5.87. The van der Waals surface area contributed by atoms with Gasteiger partial charge in [0.05, 0.1) is 17.8 Å². The summed E-state index contributed by atoms with van der Waals surface area (Å²) in [5.74, 6) is 0. The highest BCUT2D eigenvalue weighted by molar-refractivity contribution is 7.80. The number of aryl methyl sites for hydroxylation is 2. The van der Waals surface area contributed by atoms with Crippen molar-refractivity contribution in [2.45, 2.75) is 46.3 Å². The van der Waals surface area contributed by atoms with Crippen molar-refractivity contribution < 1.29 is 0 Å². The van der Waals surface area contributed by atoms with Crippen LogP contribution in [-0.2, 0) is 6.54 Å². The Morgan fingerprint density at radius 2 is 1.82 bits per heavy atom. The molecule has 3 aromatic heterocycles. The lowest BCUT2D eigenvalue weighted by Crippen LogP contribution is -2.29. The quantitative estimate of drug-likeness (QED) is 0.383. The summed E-state index contributed by atoms with van der Waals surface area (Å²) in [7, 11) is 0. The Labute approximate surface area is 206 Å². The SMILES string of the molecule is Cc1cccc(-n2c(C)cc([C@@H]3[C@H](c4ccccn4)NC(=S)N3Cc3cccnc3)c2C)c1C. The van der Waals surface area contributed by atoms with E-state index in [9.17, 15) is 0 Å². The lowest BCUT2D eigenvalue weighted by atomic mass is 9.96. The third kappa shape index (κ3) is 3.88. The van der Waals surface area contributed by atoms with Gasteiger partial charge in [-0.05, 0) is 92.5 Å². The van der Waals surface area contributed by atoms with Gasteiger partial charge < -0.3 is 14.8 Å². The van der Waals surface area contributed by atoms with E-state index in [1.165, 1.54) is 33.8 Å². The highest BCUT2D eigenvalue weighted by Crippen LogP contribution is 2.42. The summed E-state index contributed by atoms with van der Waals surface area (Å²) in [6, 6.07) is 18.9. The van der Waals surface area contributed by atoms with Crippen LogP contribution in [0.1, 0.15) is 51.4 Å². The number of hydrogen-bond donors (Lipinski definition) is 1. The van der Waals surface area contributed by atoms with Crippen LogP contribution in [0.15, 0.2) is 73.2 Å². The van der Waals surface area contributed by atoms with Crippen molar-refractivity contribution in [3.05, 3.63) is 113 Å². The molecule has 6 heteroatoms. The minimum absolute atomic E-state index is 0.00710. The number of thiocarbonyl (C=S) groups is 1. The molecule has 5 rings (SSSR count). The molecule has 0 radical (unpaired) electrons. The van der Waals surface area contributed by atoms with Crippen LogP contribution in [0, 0.1) is 27.7 Å². The second-order valence-electron chi connectivity index (χ2n) is 9.00. The first-order chi connectivity index (χ1) is 16.5. The number of nitrogens with one attached hydrogen (secondary N) is 1. The number of hydrogen-bond acceptors (Lipinski definition) is 3. The zero-order chi connectivity index (χ0) is 23.8. The molecule has 34 heavy (non-hydrogen) atoms. The Balaban J connectivity index is 1.64. The number of rotatable bonds is 5. The molecular weight excluding hydrogens is 438 g/mol. The number of pyridine rings is 2. The first-order valence-corrected chi connectivity index (χ1v) is 12.0. The Morgan fingerprint density at radius 1 is 0.971 bits per heavy atom. The van der Waals surface area contributed by atoms with Gasteiger partial charge in [0.2, 0.25) is 0 Å². The maximum absolute atomic E-state index is 5.87. The molecule has 1 fully saturated rings. The normalized spacial score (nSPS) is 17.8. The summed E-state index contributed by atoms with van der Waals surface area (Å²) in [5, 5.41) is 4.31. The van der Waals surface area contributed by atoms with Gasteiger partial charge in [-0.15, -0.1) is 0 Å². The summed E-state index contributed by atoms with van der Waals surface area (Å²) >= 11 is 5.87. The standard InChI is InChI=1S/C28H29N5S/c1-18-9-7-12-25(20(18)3)33-19(2)15-23(21(33)4)27-26(24-11-5-6-14-30-24)31-28(34)32(27)17-22-10-8-13-29-16-22/h5-16,26-27H,17H2,1-4H3,(H,31,34)/t26-,27+/m0/s1.